The molecular weight excluding hydrogens is 314 g/mol. The van der Waals surface area contributed by atoms with E-state index in [1.807, 2.05) is 36.1 Å². The first kappa shape index (κ1) is 16.3. The Hall–Kier alpha value is -1.52. The zero-order valence-corrected chi connectivity index (χ0v) is 14.1. The second kappa shape index (κ2) is 7.37. The summed E-state index contributed by atoms with van der Waals surface area (Å²) < 4.78 is 11.2. The quantitative estimate of drug-likeness (QED) is 0.755. The Morgan fingerprint density at radius 3 is 3.04 bits per heavy atom. The summed E-state index contributed by atoms with van der Waals surface area (Å²) in [6.45, 7) is 4.81. The number of carbonyl (C=O) groups is 1. The monoisotopic (exact) mass is 335 g/mol. The molecule has 3 rings (SSSR count). The SMILES string of the molecule is Cc1cc2cccc(CN(CCC3CCOC3)C(=O)CCl)c2o1. The van der Waals surface area contributed by atoms with Crippen LogP contribution in [0.4, 0.5) is 0 Å². The number of hydrogen-bond donors (Lipinski definition) is 0. The Bertz CT molecular complexity index is 676. The van der Waals surface area contributed by atoms with E-state index in [9.17, 15) is 4.79 Å². The lowest BCUT2D eigenvalue weighted by atomic mass is 10.0. The predicted molar refractivity (Wildman–Crippen MR) is 90.6 cm³/mol. The van der Waals surface area contributed by atoms with Gasteiger partial charge >= 0.3 is 0 Å². The van der Waals surface area contributed by atoms with Gasteiger partial charge in [-0.05, 0) is 31.7 Å². The molecule has 1 aliphatic heterocycles. The molecule has 1 fully saturated rings. The van der Waals surface area contributed by atoms with Crippen LogP contribution in [0.1, 0.15) is 24.2 Å². The van der Waals surface area contributed by atoms with Crippen LogP contribution in [-0.2, 0) is 16.1 Å². The molecule has 1 aromatic carbocycles. The van der Waals surface area contributed by atoms with E-state index in [-0.39, 0.29) is 11.8 Å². The highest BCUT2D eigenvalue weighted by molar-refractivity contribution is 6.27. The molecule has 23 heavy (non-hydrogen) atoms. The molecule has 2 aromatic rings. The van der Waals surface area contributed by atoms with Crippen molar-refractivity contribution in [3.8, 4) is 0 Å². The van der Waals surface area contributed by atoms with Crippen LogP contribution in [0.2, 0.25) is 0 Å². The van der Waals surface area contributed by atoms with Crippen molar-refractivity contribution in [2.75, 3.05) is 25.6 Å². The van der Waals surface area contributed by atoms with Gasteiger partial charge in [0.05, 0.1) is 0 Å². The lowest BCUT2D eigenvalue weighted by Gasteiger charge is -2.23. The standard InChI is InChI=1S/C18H22ClNO3/c1-13-9-15-3-2-4-16(18(15)23-13)11-20(17(21)10-19)7-5-14-6-8-22-12-14/h2-4,9,14H,5-8,10-12H2,1H3. The average molecular weight is 336 g/mol. The maximum absolute atomic E-state index is 12.2. The summed E-state index contributed by atoms with van der Waals surface area (Å²) in [6.07, 6.45) is 2.03. The highest BCUT2D eigenvalue weighted by Gasteiger charge is 2.20. The molecule has 124 valence electrons. The Morgan fingerprint density at radius 1 is 1.43 bits per heavy atom. The Labute approximate surface area is 141 Å². The van der Waals surface area contributed by atoms with E-state index in [0.717, 1.165) is 48.3 Å². The number of rotatable bonds is 6. The molecule has 1 atom stereocenters. The lowest BCUT2D eigenvalue weighted by Crippen LogP contribution is -2.33. The normalized spacial score (nSPS) is 17.7. The number of nitrogens with zero attached hydrogens (tertiary/aromatic N) is 1. The van der Waals surface area contributed by atoms with Gasteiger partial charge in [0.1, 0.15) is 17.2 Å². The first-order valence-electron chi connectivity index (χ1n) is 8.07. The molecule has 0 spiro atoms. The number of alkyl halides is 1. The van der Waals surface area contributed by atoms with Gasteiger partial charge in [0.2, 0.25) is 5.91 Å². The minimum absolute atomic E-state index is 0.00826. The first-order chi connectivity index (χ1) is 11.2. The third-order valence-corrected chi connectivity index (χ3v) is 4.64. The first-order valence-corrected chi connectivity index (χ1v) is 8.60. The summed E-state index contributed by atoms with van der Waals surface area (Å²) in [6, 6.07) is 8.06. The number of hydrogen-bond acceptors (Lipinski definition) is 3. The third-order valence-electron chi connectivity index (χ3n) is 4.41. The van der Waals surface area contributed by atoms with Gasteiger partial charge in [-0.3, -0.25) is 4.79 Å². The van der Waals surface area contributed by atoms with Crippen molar-refractivity contribution in [3.05, 3.63) is 35.6 Å². The molecule has 2 heterocycles. The number of carbonyl (C=O) groups excluding carboxylic acids is 1. The Kier molecular flexibility index (Phi) is 5.23. The molecular formula is C18H22ClNO3. The highest BCUT2D eigenvalue weighted by atomic mass is 35.5. The molecule has 0 saturated carbocycles. The molecule has 1 aromatic heterocycles. The maximum Gasteiger partial charge on any atom is 0.237 e. The van der Waals surface area contributed by atoms with Crippen LogP contribution >= 0.6 is 11.6 Å². The van der Waals surface area contributed by atoms with Gasteiger partial charge in [-0.25, -0.2) is 0 Å². The number of benzene rings is 1. The van der Waals surface area contributed by atoms with Gasteiger partial charge in [-0.2, -0.15) is 0 Å². The fraction of sp³-hybridized carbons (Fsp3) is 0.500. The Balaban J connectivity index is 1.74. The second-order valence-corrected chi connectivity index (χ2v) is 6.43. The molecule has 0 bridgehead atoms. The van der Waals surface area contributed by atoms with Crippen LogP contribution in [0, 0.1) is 12.8 Å². The minimum Gasteiger partial charge on any atom is -0.461 e. The maximum atomic E-state index is 12.2. The van der Waals surface area contributed by atoms with Gasteiger partial charge in [-0.15, -0.1) is 11.6 Å². The van der Waals surface area contributed by atoms with Crippen LogP contribution in [0.5, 0.6) is 0 Å². The van der Waals surface area contributed by atoms with Crippen molar-refractivity contribution >= 4 is 28.5 Å². The number of halogens is 1. The summed E-state index contributed by atoms with van der Waals surface area (Å²) in [7, 11) is 0. The van der Waals surface area contributed by atoms with Crippen molar-refractivity contribution in [3.63, 3.8) is 0 Å². The number of furan rings is 1. The summed E-state index contributed by atoms with van der Waals surface area (Å²) in [5.74, 6) is 1.40. The average Bonchev–Trinajstić information content (AvgIpc) is 3.19. The van der Waals surface area contributed by atoms with E-state index >= 15 is 0 Å². The molecule has 0 N–H and O–H groups in total. The molecule has 0 radical (unpaired) electrons. The van der Waals surface area contributed by atoms with Gasteiger partial charge in [0.25, 0.3) is 0 Å². The number of ether oxygens (including phenoxy) is 1. The fourth-order valence-electron chi connectivity index (χ4n) is 3.11. The summed E-state index contributed by atoms with van der Waals surface area (Å²) in [5.41, 5.74) is 1.89. The highest BCUT2D eigenvalue weighted by Crippen LogP contribution is 2.24. The van der Waals surface area contributed by atoms with Crippen LogP contribution in [0.25, 0.3) is 11.0 Å². The largest absolute Gasteiger partial charge is 0.461 e. The predicted octanol–water partition coefficient (Wildman–Crippen LogP) is 3.74. The van der Waals surface area contributed by atoms with Crippen LogP contribution in [0.15, 0.2) is 28.7 Å². The summed E-state index contributed by atoms with van der Waals surface area (Å²) in [4.78, 5) is 14.0. The van der Waals surface area contributed by atoms with Gasteiger partial charge < -0.3 is 14.1 Å². The Morgan fingerprint density at radius 2 is 2.30 bits per heavy atom. The van der Waals surface area contributed by atoms with Crippen molar-refractivity contribution in [1.29, 1.82) is 0 Å². The molecule has 0 aliphatic carbocycles. The van der Waals surface area contributed by atoms with E-state index in [2.05, 4.69) is 0 Å². The van der Waals surface area contributed by atoms with Crippen LogP contribution in [0.3, 0.4) is 0 Å². The summed E-state index contributed by atoms with van der Waals surface area (Å²) >= 11 is 5.79. The number of amides is 1. The van der Waals surface area contributed by atoms with Crippen molar-refractivity contribution in [1.82, 2.24) is 4.90 Å². The van der Waals surface area contributed by atoms with Crippen LogP contribution < -0.4 is 0 Å². The lowest BCUT2D eigenvalue weighted by molar-refractivity contribution is -0.129. The van der Waals surface area contributed by atoms with E-state index < -0.39 is 0 Å². The second-order valence-electron chi connectivity index (χ2n) is 6.16. The topological polar surface area (TPSA) is 42.7 Å². The fourth-order valence-corrected chi connectivity index (χ4v) is 3.28. The molecule has 4 nitrogen and oxygen atoms in total. The smallest absolute Gasteiger partial charge is 0.237 e. The van der Waals surface area contributed by atoms with E-state index in [0.29, 0.717) is 19.0 Å². The molecule has 1 unspecified atom stereocenters. The molecule has 1 aliphatic rings. The van der Waals surface area contributed by atoms with E-state index in [1.165, 1.54) is 0 Å². The van der Waals surface area contributed by atoms with Crippen LogP contribution in [-0.4, -0.2) is 36.4 Å². The molecule has 5 heteroatoms. The van der Waals surface area contributed by atoms with Gasteiger partial charge in [0, 0.05) is 37.3 Å². The van der Waals surface area contributed by atoms with Crippen molar-refractivity contribution in [2.45, 2.75) is 26.3 Å². The van der Waals surface area contributed by atoms with Crippen molar-refractivity contribution in [2.24, 2.45) is 5.92 Å². The number of aryl methyl sites for hydroxylation is 1. The van der Waals surface area contributed by atoms with E-state index in [4.69, 9.17) is 20.8 Å². The van der Waals surface area contributed by atoms with Gasteiger partial charge in [-0.1, -0.05) is 18.2 Å². The third kappa shape index (κ3) is 3.88. The number of fused-ring (bicyclic) bond motifs is 1. The number of para-hydroxylation sites is 1. The summed E-state index contributed by atoms with van der Waals surface area (Å²) in [5, 5.41) is 1.07. The zero-order chi connectivity index (χ0) is 16.2. The minimum atomic E-state index is -0.0362. The van der Waals surface area contributed by atoms with Crippen molar-refractivity contribution < 1.29 is 13.9 Å². The molecule has 1 saturated heterocycles. The van der Waals surface area contributed by atoms with E-state index in [1.54, 1.807) is 0 Å². The molecule has 1 amide bonds. The zero-order valence-electron chi connectivity index (χ0n) is 13.4. The van der Waals surface area contributed by atoms with Gasteiger partial charge in [0.15, 0.2) is 0 Å².